The van der Waals surface area contributed by atoms with E-state index in [0.29, 0.717) is 17.5 Å². The van der Waals surface area contributed by atoms with Crippen LogP contribution in [0.15, 0.2) is 185 Å². The average molecular weight is 692 g/mol. The lowest BCUT2D eigenvalue weighted by molar-refractivity contribution is 0.668. The van der Waals surface area contributed by atoms with Gasteiger partial charge in [-0.1, -0.05) is 133 Å². The maximum Gasteiger partial charge on any atom is 0.164 e. The fourth-order valence-corrected chi connectivity index (χ4v) is 7.64. The molecular formula is C49H29N3O2. The van der Waals surface area contributed by atoms with Gasteiger partial charge >= 0.3 is 0 Å². The summed E-state index contributed by atoms with van der Waals surface area (Å²) in [6, 6.07) is 60.6. The highest BCUT2D eigenvalue weighted by Gasteiger charge is 2.19. The number of hydrogen-bond acceptors (Lipinski definition) is 5. The first kappa shape index (κ1) is 30.3. The molecule has 5 heteroatoms. The van der Waals surface area contributed by atoms with E-state index < -0.39 is 0 Å². The molecule has 0 unspecified atom stereocenters. The molecule has 252 valence electrons. The van der Waals surface area contributed by atoms with Gasteiger partial charge in [0, 0.05) is 38.2 Å². The third-order valence-electron chi connectivity index (χ3n) is 10.3. The molecule has 11 aromatic rings. The van der Waals surface area contributed by atoms with Crippen molar-refractivity contribution in [2.75, 3.05) is 0 Å². The van der Waals surface area contributed by atoms with Crippen LogP contribution in [0.4, 0.5) is 0 Å². The fourth-order valence-electron chi connectivity index (χ4n) is 7.64. The van der Waals surface area contributed by atoms with Crippen LogP contribution < -0.4 is 0 Å². The van der Waals surface area contributed by atoms with Gasteiger partial charge in [0.1, 0.15) is 22.3 Å². The van der Waals surface area contributed by atoms with Crippen molar-refractivity contribution in [1.82, 2.24) is 15.0 Å². The molecule has 0 aliphatic rings. The molecule has 0 saturated carbocycles. The van der Waals surface area contributed by atoms with E-state index >= 15 is 0 Å². The number of benzene rings is 8. The molecule has 0 saturated heterocycles. The molecular weight excluding hydrogens is 663 g/mol. The third-order valence-corrected chi connectivity index (χ3v) is 10.3. The normalized spacial score (nSPS) is 11.7. The summed E-state index contributed by atoms with van der Waals surface area (Å²) in [5.41, 5.74) is 10.2. The van der Waals surface area contributed by atoms with Gasteiger partial charge in [0.05, 0.1) is 0 Å². The summed E-state index contributed by atoms with van der Waals surface area (Å²) >= 11 is 0. The molecule has 0 fully saturated rings. The molecule has 0 amide bonds. The van der Waals surface area contributed by atoms with E-state index in [2.05, 4.69) is 133 Å². The molecule has 0 N–H and O–H groups in total. The van der Waals surface area contributed by atoms with Crippen molar-refractivity contribution < 1.29 is 8.83 Å². The highest BCUT2D eigenvalue weighted by Crippen LogP contribution is 2.40. The van der Waals surface area contributed by atoms with Crippen LogP contribution in [0.3, 0.4) is 0 Å². The predicted octanol–water partition coefficient (Wildman–Crippen LogP) is 13.2. The monoisotopic (exact) mass is 691 g/mol. The fraction of sp³-hybridized carbons (Fsp3) is 0. The van der Waals surface area contributed by atoms with E-state index in [4.69, 9.17) is 23.8 Å². The predicted molar refractivity (Wildman–Crippen MR) is 219 cm³/mol. The number of hydrogen-bond donors (Lipinski definition) is 0. The van der Waals surface area contributed by atoms with Gasteiger partial charge in [-0.3, -0.25) is 0 Å². The van der Waals surface area contributed by atoms with E-state index in [1.165, 1.54) is 10.8 Å². The molecule has 0 aliphatic heterocycles. The standard InChI is InChI=1S/C49H29N3O2/c1-2-11-32(12-3-1)41-27-37(29-45-46(41)40-15-7-9-17-43(40)54-45)49-51-47(33-21-18-31(19-22-33)35-23-20-30-10-4-5-13-34(30)26-35)50-48(52-49)36-24-25-39-38-14-6-8-16-42(38)53-44(39)28-36/h1-29H. The van der Waals surface area contributed by atoms with Crippen LogP contribution in [0.25, 0.3) is 111 Å². The van der Waals surface area contributed by atoms with Gasteiger partial charge in [-0.15, -0.1) is 0 Å². The Balaban J connectivity index is 1.10. The maximum absolute atomic E-state index is 6.48. The highest BCUT2D eigenvalue weighted by atomic mass is 16.3. The van der Waals surface area contributed by atoms with Gasteiger partial charge in [-0.25, -0.2) is 15.0 Å². The Morgan fingerprint density at radius 1 is 0.296 bits per heavy atom. The number of aromatic nitrogens is 3. The summed E-state index contributed by atoms with van der Waals surface area (Å²) < 4.78 is 12.8. The number of nitrogens with zero attached hydrogens (tertiary/aromatic N) is 3. The second-order valence-corrected chi connectivity index (χ2v) is 13.6. The minimum atomic E-state index is 0.554. The molecule has 0 radical (unpaired) electrons. The minimum Gasteiger partial charge on any atom is -0.456 e. The van der Waals surface area contributed by atoms with Crippen molar-refractivity contribution >= 4 is 54.6 Å². The Bertz CT molecular complexity index is 3210. The molecule has 54 heavy (non-hydrogen) atoms. The SMILES string of the molecule is c1ccc(-c2cc(-c3nc(-c4ccc(-c5ccc6ccccc6c5)cc4)nc(-c4ccc5c(c4)oc4ccccc45)n3)cc3oc4ccccc4c23)cc1. The molecule has 8 aromatic carbocycles. The van der Waals surface area contributed by atoms with Gasteiger partial charge in [-0.2, -0.15) is 0 Å². The third kappa shape index (κ3) is 5.06. The summed E-state index contributed by atoms with van der Waals surface area (Å²) in [5, 5.41) is 6.70. The molecule has 0 bridgehead atoms. The van der Waals surface area contributed by atoms with Gasteiger partial charge in [-0.05, 0) is 75.5 Å². The number of fused-ring (bicyclic) bond motifs is 7. The summed E-state index contributed by atoms with van der Waals surface area (Å²) in [6.45, 7) is 0. The summed E-state index contributed by atoms with van der Waals surface area (Å²) in [5.74, 6) is 1.69. The van der Waals surface area contributed by atoms with Crippen LogP contribution in [-0.2, 0) is 0 Å². The smallest absolute Gasteiger partial charge is 0.164 e. The van der Waals surface area contributed by atoms with Crippen molar-refractivity contribution in [1.29, 1.82) is 0 Å². The highest BCUT2D eigenvalue weighted by molar-refractivity contribution is 6.13. The summed E-state index contributed by atoms with van der Waals surface area (Å²) in [7, 11) is 0. The van der Waals surface area contributed by atoms with Crippen LogP contribution in [-0.4, -0.2) is 15.0 Å². The lowest BCUT2D eigenvalue weighted by Gasteiger charge is -2.11. The molecule has 3 aromatic heterocycles. The van der Waals surface area contributed by atoms with Crippen molar-refractivity contribution in [2.45, 2.75) is 0 Å². The van der Waals surface area contributed by atoms with Gasteiger partial charge < -0.3 is 8.83 Å². The van der Waals surface area contributed by atoms with Crippen LogP contribution in [0, 0.1) is 0 Å². The summed E-state index contributed by atoms with van der Waals surface area (Å²) in [6.07, 6.45) is 0. The molecule has 11 rings (SSSR count). The second-order valence-electron chi connectivity index (χ2n) is 13.6. The maximum atomic E-state index is 6.48. The van der Waals surface area contributed by atoms with Crippen molar-refractivity contribution in [3.05, 3.63) is 176 Å². The lowest BCUT2D eigenvalue weighted by atomic mass is 9.96. The molecule has 3 heterocycles. The average Bonchev–Trinajstić information content (AvgIpc) is 3.81. The minimum absolute atomic E-state index is 0.554. The van der Waals surface area contributed by atoms with E-state index in [9.17, 15) is 0 Å². The van der Waals surface area contributed by atoms with E-state index in [1.807, 2.05) is 42.5 Å². The quantitative estimate of drug-likeness (QED) is 0.180. The second kappa shape index (κ2) is 12.1. The number of rotatable bonds is 5. The Morgan fingerprint density at radius 2 is 0.852 bits per heavy atom. The topological polar surface area (TPSA) is 65.0 Å². The largest absolute Gasteiger partial charge is 0.456 e. The first-order chi connectivity index (χ1) is 26.7. The zero-order valence-corrected chi connectivity index (χ0v) is 28.9. The lowest BCUT2D eigenvalue weighted by Crippen LogP contribution is -2.00. The van der Waals surface area contributed by atoms with Crippen molar-refractivity contribution in [3.8, 4) is 56.4 Å². The first-order valence-corrected chi connectivity index (χ1v) is 18.0. The Labute approximate surface area is 309 Å². The van der Waals surface area contributed by atoms with E-state index in [0.717, 1.165) is 82.8 Å². The molecule has 0 atom stereocenters. The number of para-hydroxylation sites is 2. The van der Waals surface area contributed by atoms with Gasteiger partial charge in [0.2, 0.25) is 0 Å². The van der Waals surface area contributed by atoms with E-state index in [-0.39, 0.29) is 0 Å². The molecule has 0 spiro atoms. The molecule has 0 aliphatic carbocycles. The Morgan fingerprint density at radius 3 is 1.67 bits per heavy atom. The van der Waals surface area contributed by atoms with Crippen LogP contribution in [0.5, 0.6) is 0 Å². The van der Waals surface area contributed by atoms with Gasteiger partial charge in [0.25, 0.3) is 0 Å². The van der Waals surface area contributed by atoms with Crippen molar-refractivity contribution in [3.63, 3.8) is 0 Å². The zero-order valence-electron chi connectivity index (χ0n) is 28.9. The Hall–Kier alpha value is -7.37. The van der Waals surface area contributed by atoms with Crippen LogP contribution >= 0.6 is 0 Å². The van der Waals surface area contributed by atoms with Gasteiger partial charge in [0.15, 0.2) is 17.5 Å². The van der Waals surface area contributed by atoms with Crippen LogP contribution in [0.1, 0.15) is 0 Å². The van der Waals surface area contributed by atoms with Crippen molar-refractivity contribution in [2.24, 2.45) is 0 Å². The molecule has 5 nitrogen and oxygen atoms in total. The first-order valence-electron chi connectivity index (χ1n) is 18.0. The zero-order chi connectivity index (χ0) is 35.6. The van der Waals surface area contributed by atoms with Crippen LogP contribution in [0.2, 0.25) is 0 Å². The summed E-state index contributed by atoms with van der Waals surface area (Å²) in [4.78, 5) is 15.4. The number of furan rings is 2. The Kier molecular flexibility index (Phi) is 6.79. The van der Waals surface area contributed by atoms with E-state index in [1.54, 1.807) is 0 Å².